The SMILES string of the molecule is CN(C(=O)[C@H](Cc1cc(F)cc(F)c1)NC(N)=O)c1ccc2scnc2c1. The number of thiazole rings is 1. The molecule has 0 saturated carbocycles. The van der Waals surface area contributed by atoms with Crippen LogP contribution in [-0.2, 0) is 11.2 Å². The van der Waals surface area contributed by atoms with Gasteiger partial charge in [-0.15, -0.1) is 11.3 Å². The van der Waals surface area contributed by atoms with Crippen LogP contribution < -0.4 is 16.0 Å². The molecule has 0 radical (unpaired) electrons. The molecule has 1 aromatic heterocycles. The average molecular weight is 390 g/mol. The van der Waals surface area contributed by atoms with Gasteiger partial charge in [-0.1, -0.05) is 0 Å². The van der Waals surface area contributed by atoms with Crippen LogP contribution in [0, 0.1) is 11.6 Å². The summed E-state index contributed by atoms with van der Waals surface area (Å²) in [5.74, 6) is -2.01. The van der Waals surface area contributed by atoms with E-state index in [0.29, 0.717) is 5.69 Å². The van der Waals surface area contributed by atoms with Crippen LogP contribution in [0.3, 0.4) is 0 Å². The van der Waals surface area contributed by atoms with Crippen LogP contribution in [-0.4, -0.2) is 30.0 Å². The minimum absolute atomic E-state index is 0.111. The predicted molar refractivity (Wildman–Crippen MR) is 99.6 cm³/mol. The van der Waals surface area contributed by atoms with Crippen LogP contribution in [0.15, 0.2) is 41.9 Å². The van der Waals surface area contributed by atoms with Crippen molar-refractivity contribution in [3.63, 3.8) is 0 Å². The summed E-state index contributed by atoms with van der Waals surface area (Å²) in [6, 6.07) is 6.28. The van der Waals surface area contributed by atoms with E-state index in [1.165, 1.54) is 23.3 Å². The summed E-state index contributed by atoms with van der Waals surface area (Å²) >= 11 is 1.48. The highest BCUT2D eigenvalue weighted by molar-refractivity contribution is 7.16. The molecule has 0 unspecified atom stereocenters. The molecule has 0 fully saturated rings. The predicted octanol–water partition coefficient (Wildman–Crippen LogP) is 2.82. The Bertz CT molecular complexity index is 988. The number of primary amides is 1. The molecular weight excluding hydrogens is 374 g/mol. The molecule has 2 aromatic carbocycles. The number of aromatic nitrogens is 1. The van der Waals surface area contributed by atoms with E-state index >= 15 is 0 Å². The molecule has 0 aliphatic heterocycles. The van der Waals surface area contributed by atoms with E-state index in [0.717, 1.165) is 28.4 Å². The third kappa shape index (κ3) is 4.37. The summed E-state index contributed by atoms with van der Waals surface area (Å²) in [6.45, 7) is 0. The number of hydrogen-bond donors (Lipinski definition) is 2. The Morgan fingerprint density at radius 2 is 1.93 bits per heavy atom. The van der Waals surface area contributed by atoms with Crippen LogP contribution in [0.2, 0.25) is 0 Å². The van der Waals surface area contributed by atoms with E-state index in [1.54, 1.807) is 17.6 Å². The molecule has 27 heavy (non-hydrogen) atoms. The zero-order valence-electron chi connectivity index (χ0n) is 14.3. The quantitative estimate of drug-likeness (QED) is 0.702. The lowest BCUT2D eigenvalue weighted by molar-refractivity contribution is -0.120. The smallest absolute Gasteiger partial charge is 0.312 e. The van der Waals surface area contributed by atoms with Gasteiger partial charge in [0.2, 0.25) is 5.91 Å². The third-order valence-corrected chi connectivity index (χ3v) is 4.82. The number of anilines is 1. The Hall–Kier alpha value is -3.07. The Morgan fingerprint density at radius 1 is 1.22 bits per heavy atom. The lowest BCUT2D eigenvalue weighted by Gasteiger charge is -2.24. The molecule has 6 nitrogen and oxygen atoms in total. The molecule has 9 heteroatoms. The highest BCUT2D eigenvalue weighted by Crippen LogP contribution is 2.24. The summed E-state index contributed by atoms with van der Waals surface area (Å²) in [6.07, 6.45) is -0.111. The topological polar surface area (TPSA) is 88.3 Å². The minimum Gasteiger partial charge on any atom is -0.352 e. The van der Waals surface area contributed by atoms with Gasteiger partial charge in [-0.25, -0.2) is 18.6 Å². The van der Waals surface area contributed by atoms with Crippen LogP contribution in [0.25, 0.3) is 10.2 Å². The molecule has 3 aromatic rings. The highest BCUT2D eigenvalue weighted by atomic mass is 32.1. The first kappa shape index (κ1) is 18.7. The Morgan fingerprint density at radius 3 is 2.59 bits per heavy atom. The summed E-state index contributed by atoms with van der Waals surface area (Å²) in [5.41, 5.74) is 8.40. The van der Waals surface area contributed by atoms with Crippen LogP contribution in [0.4, 0.5) is 19.3 Å². The summed E-state index contributed by atoms with van der Waals surface area (Å²) in [5, 5.41) is 2.34. The van der Waals surface area contributed by atoms with Gasteiger partial charge in [0.25, 0.3) is 0 Å². The maximum Gasteiger partial charge on any atom is 0.312 e. The van der Waals surface area contributed by atoms with Gasteiger partial charge in [-0.2, -0.15) is 0 Å². The number of carbonyl (C=O) groups excluding carboxylic acids is 2. The van der Waals surface area contributed by atoms with E-state index in [-0.39, 0.29) is 12.0 Å². The van der Waals surface area contributed by atoms with Gasteiger partial charge in [0.1, 0.15) is 17.7 Å². The van der Waals surface area contributed by atoms with E-state index < -0.39 is 29.6 Å². The average Bonchev–Trinajstić information content (AvgIpc) is 3.06. The van der Waals surface area contributed by atoms with Crippen molar-refractivity contribution in [1.82, 2.24) is 10.3 Å². The van der Waals surface area contributed by atoms with Crippen molar-refractivity contribution in [2.75, 3.05) is 11.9 Å². The zero-order chi connectivity index (χ0) is 19.6. The van der Waals surface area contributed by atoms with Crippen molar-refractivity contribution in [2.24, 2.45) is 5.73 Å². The fourth-order valence-corrected chi connectivity index (χ4v) is 3.41. The number of hydrogen-bond acceptors (Lipinski definition) is 4. The number of urea groups is 1. The second-order valence-electron chi connectivity index (χ2n) is 5.94. The molecule has 3 N–H and O–H groups in total. The van der Waals surface area contributed by atoms with Crippen molar-refractivity contribution in [3.8, 4) is 0 Å². The highest BCUT2D eigenvalue weighted by Gasteiger charge is 2.25. The molecule has 0 aliphatic carbocycles. The number of benzene rings is 2. The van der Waals surface area contributed by atoms with Crippen molar-refractivity contribution in [1.29, 1.82) is 0 Å². The molecular formula is C18H16F2N4O2S. The van der Waals surface area contributed by atoms with Gasteiger partial charge >= 0.3 is 6.03 Å². The number of nitrogens with one attached hydrogen (secondary N) is 1. The van der Waals surface area contributed by atoms with E-state index in [1.807, 2.05) is 6.07 Å². The van der Waals surface area contributed by atoms with Gasteiger partial charge in [0.05, 0.1) is 15.7 Å². The fraction of sp³-hybridized carbons (Fsp3) is 0.167. The number of halogens is 2. The van der Waals surface area contributed by atoms with Gasteiger partial charge in [0.15, 0.2) is 0 Å². The maximum absolute atomic E-state index is 13.4. The van der Waals surface area contributed by atoms with E-state index in [9.17, 15) is 18.4 Å². The van der Waals surface area contributed by atoms with E-state index in [2.05, 4.69) is 10.3 Å². The molecule has 0 aliphatic rings. The lowest BCUT2D eigenvalue weighted by Crippen LogP contribution is -2.50. The Labute approximate surface area is 157 Å². The zero-order valence-corrected chi connectivity index (χ0v) is 15.1. The number of amides is 3. The van der Waals surface area contributed by atoms with Crippen LogP contribution in [0.5, 0.6) is 0 Å². The van der Waals surface area contributed by atoms with Gasteiger partial charge < -0.3 is 16.0 Å². The van der Waals surface area contributed by atoms with Gasteiger partial charge in [-0.3, -0.25) is 4.79 Å². The fourth-order valence-electron chi connectivity index (χ4n) is 2.75. The normalized spacial score (nSPS) is 12.0. The van der Waals surface area contributed by atoms with Crippen LogP contribution in [0.1, 0.15) is 5.56 Å². The lowest BCUT2D eigenvalue weighted by atomic mass is 10.0. The second-order valence-corrected chi connectivity index (χ2v) is 6.83. The van der Waals surface area contributed by atoms with Crippen LogP contribution >= 0.6 is 11.3 Å². The Balaban J connectivity index is 1.86. The first-order chi connectivity index (χ1) is 12.8. The number of carbonyl (C=O) groups is 2. The van der Waals surface area contributed by atoms with Crippen molar-refractivity contribution in [3.05, 3.63) is 59.1 Å². The standard InChI is InChI=1S/C18H16F2N4O2S/c1-24(13-2-3-16-14(8-13)22-9-27-16)17(25)15(23-18(21)26)6-10-4-11(19)7-12(20)5-10/h2-5,7-9,15H,6H2,1H3,(H3,21,23,26)/t15-/m0/s1. The van der Waals surface area contributed by atoms with Crippen molar-refractivity contribution < 1.29 is 18.4 Å². The Kier molecular flexibility index (Phi) is 5.31. The van der Waals surface area contributed by atoms with Gasteiger partial charge in [0, 0.05) is 25.2 Å². The number of nitrogens with two attached hydrogens (primary N) is 1. The number of nitrogens with zero attached hydrogens (tertiary/aromatic N) is 2. The molecule has 0 spiro atoms. The molecule has 0 saturated heterocycles. The number of fused-ring (bicyclic) bond motifs is 1. The second kappa shape index (κ2) is 7.67. The summed E-state index contributed by atoms with van der Waals surface area (Å²) < 4.78 is 27.8. The van der Waals surface area contributed by atoms with Crippen molar-refractivity contribution in [2.45, 2.75) is 12.5 Å². The first-order valence-electron chi connectivity index (χ1n) is 7.95. The molecule has 3 rings (SSSR count). The third-order valence-electron chi connectivity index (χ3n) is 4.01. The van der Waals surface area contributed by atoms with Gasteiger partial charge in [-0.05, 0) is 35.9 Å². The number of likely N-dealkylation sites (N-methyl/N-ethyl adjacent to an activating group) is 1. The molecule has 1 heterocycles. The number of rotatable bonds is 5. The molecule has 140 valence electrons. The maximum atomic E-state index is 13.4. The molecule has 0 bridgehead atoms. The first-order valence-corrected chi connectivity index (χ1v) is 8.83. The summed E-state index contributed by atoms with van der Waals surface area (Å²) in [7, 11) is 1.54. The summed E-state index contributed by atoms with van der Waals surface area (Å²) in [4.78, 5) is 29.8. The van der Waals surface area contributed by atoms with Crippen molar-refractivity contribution >= 4 is 39.2 Å². The molecule has 3 amide bonds. The molecule has 1 atom stereocenters. The monoisotopic (exact) mass is 390 g/mol. The minimum atomic E-state index is -1.08. The largest absolute Gasteiger partial charge is 0.352 e. The van der Waals surface area contributed by atoms with E-state index in [4.69, 9.17) is 5.73 Å².